The number of benzene rings is 1. The number of hydrogen-bond donors (Lipinski definition) is 1. The number of aromatic carboxylic acids is 1. The van der Waals surface area contributed by atoms with Crippen LogP contribution < -0.4 is 4.74 Å². The first-order valence-corrected chi connectivity index (χ1v) is 7.76. The molecule has 0 aliphatic heterocycles. The fourth-order valence-electron chi connectivity index (χ4n) is 2.55. The van der Waals surface area contributed by atoms with Crippen molar-refractivity contribution in [1.29, 1.82) is 0 Å². The number of carbonyl (C=O) groups is 3. The molecule has 1 N–H and O–H groups in total. The van der Waals surface area contributed by atoms with Crippen LogP contribution in [0.1, 0.15) is 30.6 Å². The lowest BCUT2D eigenvalue weighted by Gasteiger charge is -2.15. The predicted molar refractivity (Wildman–Crippen MR) is 82.7 cm³/mol. The van der Waals surface area contributed by atoms with Crippen LogP contribution in [0.2, 0.25) is 0 Å². The molecule has 0 radical (unpaired) electrons. The molecule has 130 valence electrons. The fourth-order valence-corrected chi connectivity index (χ4v) is 2.55. The molecule has 1 aromatic carbocycles. The minimum absolute atomic E-state index is 0.0979. The van der Waals surface area contributed by atoms with Crippen molar-refractivity contribution in [2.45, 2.75) is 20.3 Å². The van der Waals surface area contributed by atoms with Crippen LogP contribution >= 0.6 is 0 Å². The molecule has 24 heavy (non-hydrogen) atoms. The molecule has 1 aliphatic carbocycles. The van der Waals surface area contributed by atoms with Gasteiger partial charge < -0.3 is 19.3 Å². The Morgan fingerprint density at radius 2 is 1.79 bits per heavy atom. The monoisotopic (exact) mass is 336 g/mol. The van der Waals surface area contributed by atoms with Gasteiger partial charge in [-0.05, 0) is 38.5 Å². The van der Waals surface area contributed by atoms with E-state index in [4.69, 9.17) is 19.3 Å². The molecule has 7 nitrogen and oxygen atoms in total. The normalized spacial score (nSPS) is 17.7. The molecule has 0 saturated heterocycles. The molecule has 0 amide bonds. The zero-order valence-electron chi connectivity index (χ0n) is 13.6. The molecule has 1 saturated carbocycles. The average molecular weight is 336 g/mol. The summed E-state index contributed by atoms with van der Waals surface area (Å²) in [7, 11) is 0. The Kier molecular flexibility index (Phi) is 5.43. The van der Waals surface area contributed by atoms with Gasteiger partial charge in [0.25, 0.3) is 0 Å². The summed E-state index contributed by atoms with van der Waals surface area (Å²) in [5.41, 5.74) is -1.21. The zero-order valence-corrected chi connectivity index (χ0v) is 13.6. The first kappa shape index (κ1) is 17.8. The molecule has 1 aliphatic rings. The fraction of sp³-hybridized carbons (Fsp3) is 0.471. The van der Waals surface area contributed by atoms with E-state index in [1.807, 2.05) is 0 Å². The van der Waals surface area contributed by atoms with Crippen molar-refractivity contribution in [3.05, 3.63) is 29.8 Å². The number of hydrogen-bond acceptors (Lipinski definition) is 6. The van der Waals surface area contributed by atoms with Gasteiger partial charge in [-0.15, -0.1) is 0 Å². The Labute approximate surface area is 139 Å². The van der Waals surface area contributed by atoms with Crippen LogP contribution in [0.15, 0.2) is 24.3 Å². The van der Waals surface area contributed by atoms with Crippen LogP contribution in [0.3, 0.4) is 0 Å². The highest BCUT2D eigenvalue weighted by Gasteiger charge is 2.68. The molecule has 1 aromatic rings. The van der Waals surface area contributed by atoms with Crippen molar-refractivity contribution in [3.63, 3.8) is 0 Å². The van der Waals surface area contributed by atoms with Gasteiger partial charge in [0.2, 0.25) is 0 Å². The summed E-state index contributed by atoms with van der Waals surface area (Å²) in [6.45, 7) is 3.78. The standard InChI is InChI=1S/C17H20O7/c1-3-22-15(20)17(16(21)23-4-2)9-12(17)10-24-13-7-5-6-11(8-13)14(18)19/h5-8,12H,3-4,9-10H2,1-2H3,(H,18,19)/t12-/m1/s1. The first-order chi connectivity index (χ1) is 11.5. The molecule has 2 rings (SSSR count). The van der Waals surface area contributed by atoms with Gasteiger partial charge in [-0.1, -0.05) is 6.07 Å². The van der Waals surface area contributed by atoms with Crippen molar-refractivity contribution in [2.24, 2.45) is 11.3 Å². The van der Waals surface area contributed by atoms with E-state index in [0.717, 1.165) is 0 Å². The minimum Gasteiger partial charge on any atom is -0.493 e. The van der Waals surface area contributed by atoms with Crippen LogP contribution in [-0.2, 0) is 19.1 Å². The molecule has 0 unspecified atom stereocenters. The summed E-state index contributed by atoms with van der Waals surface area (Å²) < 4.78 is 15.5. The van der Waals surface area contributed by atoms with E-state index in [0.29, 0.717) is 12.2 Å². The molecular formula is C17H20O7. The Bertz CT molecular complexity index is 620. The maximum absolute atomic E-state index is 12.2. The Hall–Kier alpha value is -2.57. The van der Waals surface area contributed by atoms with E-state index in [1.165, 1.54) is 12.1 Å². The van der Waals surface area contributed by atoms with Crippen molar-refractivity contribution in [3.8, 4) is 5.75 Å². The molecule has 1 fully saturated rings. The van der Waals surface area contributed by atoms with E-state index < -0.39 is 23.3 Å². The predicted octanol–water partition coefficient (Wildman–Crippen LogP) is 1.90. The molecule has 0 heterocycles. The number of carboxylic acids is 1. The van der Waals surface area contributed by atoms with Gasteiger partial charge in [0.1, 0.15) is 5.75 Å². The van der Waals surface area contributed by atoms with Gasteiger partial charge in [-0.3, -0.25) is 9.59 Å². The number of rotatable bonds is 8. The SMILES string of the molecule is CCOC(=O)C1(C(=O)OCC)C[C@@H]1COc1cccc(C(=O)O)c1. The summed E-state index contributed by atoms with van der Waals surface area (Å²) in [5, 5.41) is 8.97. The third-order valence-electron chi connectivity index (χ3n) is 3.92. The van der Waals surface area contributed by atoms with Crippen molar-refractivity contribution >= 4 is 17.9 Å². The number of carbonyl (C=O) groups excluding carboxylic acids is 2. The van der Waals surface area contributed by atoms with Crippen molar-refractivity contribution in [1.82, 2.24) is 0 Å². The molecule has 7 heteroatoms. The molecule has 0 spiro atoms. The highest BCUT2D eigenvalue weighted by Crippen LogP contribution is 2.54. The van der Waals surface area contributed by atoms with E-state index in [1.54, 1.807) is 26.0 Å². The quantitative estimate of drug-likeness (QED) is 0.571. The summed E-state index contributed by atoms with van der Waals surface area (Å²) in [6.07, 6.45) is 0.295. The lowest BCUT2D eigenvalue weighted by Crippen LogP contribution is -2.33. The largest absolute Gasteiger partial charge is 0.493 e. The molecule has 1 atom stereocenters. The van der Waals surface area contributed by atoms with Crippen LogP contribution in [0, 0.1) is 11.3 Å². The second-order valence-electron chi connectivity index (χ2n) is 5.46. The third-order valence-corrected chi connectivity index (χ3v) is 3.92. The van der Waals surface area contributed by atoms with Crippen LogP contribution in [0.4, 0.5) is 0 Å². The number of carboxylic acid groups (broad SMARTS) is 1. The highest BCUT2D eigenvalue weighted by molar-refractivity contribution is 6.03. The van der Waals surface area contributed by atoms with Gasteiger partial charge in [-0.2, -0.15) is 0 Å². The molecular weight excluding hydrogens is 316 g/mol. The van der Waals surface area contributed by atoms with Gasteiger partial charge >= 0.3 is 17.9 Å². The van der Waals surface area contributed by atoms with Gasteiger partial charge in [-0.25, -0.2) is 4.79 Å². The molecule has 0 bridgehead atoms. The van der Waals surface area contributed by atoms with E-state index in [-0.39, 0.29) is 31.3 Å². The van der Waals surface area contributed by atoms with Gasteiger partial charge in [0.05, 0.1) is 25.4 Å². The smallest absolute Gasteiger partial charge is 0.335 e. The topological polar surface area (TPSA) is 99.1 Å². The van der Waals surface area contributed by atoms with E-state index in [9.17, 15) is 14.4 Å². The Morgan fingerprint density at radius 1 is 1.17 bits per heavy atom. The number of ether oxygens (including phenoxy) is 3. The first-order valence-electron chi connectivity index (χ1n) is 7.76. The Morgan fingerprint density at radius 3 is 2.33 bits per heavy atom. The second-order valence-corrected chi connectivity index (χ2v) is 5.46. The summed E-state index contributed by atoms with van der Waals surface area (Å²) in [5.74, 6) is -2.25. The van der Waals surface area contributed by atoms with Crippen molar-refractivity contribution in [2.75, 3.05) is 19.8 Å². The summed E-state index contributed by atoms with van der Waals surface area (Å²) in [6, 6.07) is 6.02. The summed E-state index contributed by atoms with van der Waals surface area (Å²) >= 11 is 0. The van der Waals surface area contributed by atoms with E-state index >= 15 is 0 Å². The Balaban J connectivity index is 2.04. The van der Waals surface area contributed by atoms with Gasteiger partial charge in [0.15, 0.2) is 5.41 Å². The lowest BCUT2D eigenvalue weighted by atomic mass is 10.0. The minimum atomic E-state index is -1.31. The van der Waals surface area contributed by atoms with Crippen molar-refractivity contribution < 1.29 is 33.7 Å². The highest BCUT2D eigenvalue weighted by atomic mass is 16.6. The third kappa shape index (κ3) is 3.50. The maximum atomic E-state index is 12.2. The van der Waals surface area contributed by atoms with E-state index in [2.05, 4.69) is 0 Å². The lowest BCUT2D eigenvalue weighted by molar-refractivity contribution is -0.165. The average Bonchev–Trinajstić information content (AvgIpc) is 3.29. The second kappa shape index (κ2) is 7.33. The summed E-state index contributed by atoms with van der Waals surface area (Å²) in [4.78, 5) is 35.3. The number of esters is 2. The van der Waals surface area contributed by atoms with Crippen LogP contribution in [-0.4, -0.2) is 42.8 Å². The zero-order chi connectivity index (χ0) is 17.7. The van der Waals surface area contributed by atoms with Crippen LogP contribution in [0.5, 0.6) is 5.75 Å². The maximum Gasteiger partial charge on any atom is 0.335 e. The van der Waals surface area contributed by atoms with Crippen LogP contribution in [0.25, 0.3) is 0 Å². The van der Waals surface area contributed by atoms with Gasteiger partial charge in [0, 0.05) is 5.92 Å². The molecule has 0 aromatic heterocycles.